The molecule has 0 aliphatic carbocycles. The maximum absolute atomic E-state index is 13.7. The van der Waals surface area contributed by atoms with Crippen LogP contribution in [0.15, 0.2) is 36.4 Å². The fraction of sp³-hybridized carbons (Fsp3) is 0.294. The van der Waals surface area contributed by atoms with E-state index in [-0.39, 0.29) is 10.0 Å². The third-order valence-electron chi connectivity index (χ3n) is 3.56. The minimum atomic E-state index is -1.38. The third-order valence-corrected chi connectivity index (χ3v) is 4.16. The van der Waals surface area contributed by atoms with Crippen molar-refractivity contribution in [2.75, 3.05) is 0 Å². The molecule has 0 aliphatic rings. The predicted octanol–water partition coefficient (Wildman–Crippen LogP) is 5.34. The van der Waals surface area contributed by atoms with Gasteiger partial charge in [-0.3, -0.25) is 0 Å². The first-order valence-electron chi connectivity index (χ1n) is 6.83. The topological polar surface area (TPSA) is 20.2 Å². The SMILES string of the molecule is CCCc1cccc(C(C)(O)c2cc(F)c(Cl)cc2Cl)c1. The Bertz CT molecular complexity index is 653. The van der Waals surface area contributed by atoms with Gasteiger partial charge in [-0.05, 0) is 36.6 Å². The lowest BCUT2D eigenvalue weighted by Gasteiger charge is -2.26. The summed E-state index contributed by atoms with van der Waals surface area (Å²) in [5.74, 6) is -0.596. The van der Waals surface area contributed by atoms with E-state index in [0.717, 1.165) is 18.4 Å². The van der Waals surface area contributed by atoms with Gasteiger partial charge in [0, 0.05) is 10.6 Å². The highest BCUT2D eigenvalue weighted by Crippen LogP contribution is 2.36. The molecule has 0 saturated carbocycles. The third kappa shape index (κ3) is 3.39. The molecule has 0 fully saturated rings. The molecule has 0 amide bonds. The molecule has 0 heterocycles. The van der Waals surface area contributed by atoms with Crippen LogP contribution in [-0.2, 0) is 12.0 Å². The number of aryl methyl sites for hydroxylation is 1. The Morgan fingerprint density at radius 2 is 1.86 bits per heavy atom. The Hall–Kier alpha value is -1.09. The summed E-state index contributed by atoms with van der Waals surface area (Å²) >= 11 is 11.8. The highest BCUT2D eigenvalue weighted by atomic mass is 35.5. The van der Waals surface area contributed by atoms with E-state index in [0.29, 0.717) is 11.1 Å². The van der Waals surface area contributed by atoms with Crippen LogP contribution in [0.4, 0.5) is 4.39 Å². The Morgan fingerprint density at radius 3 is 2.52 bits per heavy atom. The van der Waals surface area contributed by atoms with Gasteiger partial charge in [0.15, 0.2) is 0 Å². The zero-order valence-corrected chi connectivity index (χ0v) is 13.5. The lowest BCUT2D eigenvalue weighted by Crippen LogP contribution is -2.23. The molecular formula is C17H17Cl2FO. The number of hydrogen-bond donors (Lipinski definition) is 1. The second kappa shape index (κ2) is 6.35. The fourth-order valence-electron chi connectivity index (χ4n) is 2.37. The van der Waals surface area contributed by atoms with Gasteiger partial charge < -0.3 is 5.11 Å². The zero-order valence-electron chi connectivity index (χ0n) is 12.0. The normalized spacial score (nSPS) is 14.0. The molecule has 1 unspecified atom stereocenters. The standard InChI is InChI=1S/C17H17Cl2FO/c1-3-5-11-6-4-7-12(8-11)17(2,21)13-9-16(20)15(19)10-14(13)18/h4,6-10,21H,3,5H2,1-2H3. The van der Waals surface area contributed by atoms with Gasteiger partial charge in [-0.1, -0.05) is 60.8 Å². The fourth-order valence-corrected chi connectivity index (χ4v) is 2.94. The van der Waals surface area contributed by atoms with Gasteiger partial charge in [0.05, 0.1) is 5.02 Å². The van der Waals surface area contributed by atoms with Crippen LogP contribution < -0.4 is 0 Å². The van der Waals surface area contributed by atoms with Crippen LogP contribution >= 0.6 is 23.2 Å². The summed E-state index contributed by atoms with van der Waals surface area (Å²) in [5, 5.41) is 11.0. The zero-order chi connectivity index (χ0) is 15.6. The number of benzene rings is 2. The van der Waals surface area contributed by atoms with Crippen molar-refractivity contribution in [3.63, 3.8) is 0 Å². The summed E-state index contributed by atoms with van der Waals surface area (Å²) in [5.41, 5.74) is 0.726. The van der Waals surface area contributed by atoms with E-state index in [1.165, 1.54) is 12.1 Å². The molecule has 2 aromatic rings. The highest BCUT2D eigenvalue weighted by Gasteiger charge is 2.29. The first kappa shape index (κ1) is 16.3. The molecule has 0 radical (unpaired) electrons. The molecule has 1 nitrogen and oxygen atoms in total. The minimum absolute atomic E-state index is 0.0562. The number of aliphatic hydroxyl groups is 1. The monoisotopic (exact) mass is 326 g/mol. The summed E-state index contributed by atoms with van der Waals surface area (Å²) < 4.78 is 13.7. The molecule has 21 heavy (non-hydrogen) atoms. The summed E-state index contributed by atoms with van der Waals surface area (Å²) in [6, 6.07) is 10.1. The van der Waals surface area contributed by atoms with E-state index in [1.807, 2.05) is 24.3 Å². The molecule has 4 heteroatoms. The summed E-state index contributed by atoms with van der Waals surface area (Å²) in [4.78, 5) is 0. The molecule has 2 rings (SSSR count). The Morgan fingerprint density at radius 1 is 1.14 bits per heavy atom. The van der Waals surface area contributed by atoms with Gasteiger partial charge >= 0.3 is 0 Å². The molecule has 0 bridgehead atoms. The second-order valence-corrected chi connectivity index (χ2v) is 6.08. The van der Waals surface area contributed by atoms with Gasteiger partial charge in [0.1, 0.15) is 11.4 Å². The largest absolute Gasteiger partial charge is 0.381 e. The number of rotatable bonds is 4. The smallest absolute Gasteiger partial charge is 0.142 e. The lowest BCUT2D eigenvalue weighted by atomic mass is 9.87. The van der Waals surface area contributed by atoms with Crippen molar-refractivity contribution >= 4 is 23.2 Å². The van der Waals surface area contributed by atoms with Gasteiger partial charge in [-0.2, -0.15) is 0 Å². The quantitative estimate of drug-likeness (QED) is 0.752. The second-order valence-electron chi connectivity index (χ2n) is 5.27. The van der Waals surface area contributed by atoms with Crippen LogP contribution in [0.2, 0.25) is 10.0 Å². The molecule has 0 aromatic heterocycles. The molecule has 1 N–H and O–H groups in total. The minimum Gasteiger partial charge on any atom is -0.381 e. The predicted molar refractivity (Wildman–Crippen MR) is 85.5 cm³/mol. The summed E-state index contributed by atoms with van der Waals surface area (Å²) in [7, 11) is 0. The lowest BCUT2D eigenvalue weighted by molar-refractivity contribution is 0.102. The van der Waals surface area contributed by atoms with Gasteiger partial charge in [0.2, 0.25) is 0 Å². The van der Waals surface area contributed by atoms with Gasteiger partial charge in [0.25, 0.3) is 0 Å². The Kier molecular flexibility index (Phi) is 4.92. The molecular weight excluding hydrogens is 310 g/mol. The van der Waals surface area contributed by atoms with E-state index in [9.17, 15) is 9.50 Å². The van der Waals surface area contributed by atoms with E-state index < -0.39 is 11.4 Å². The molecule has 2 aromatic carbocycles. The molecule has 1 atom stereocenters. The summed E-state index contributed by atoms with van der Waals surface area (Å²) in [6.45, 7) is 3.70. The maximum Gasteiger partial charge on any atom is 0.142 e. The molecule has 0 saturated heterocycles. The van der Waals surface area contributed by atoms with Crippen molar-refractivity contribution in [1.29, 1.82) is 0 Å². The molecule has 112 valence electrons. The van der Waals surface area contributed by atoms with Crippen LogP contribution in [0.3, 0.4) is 0 Å². The van der Waals surface area contributed by atoms with Crippen LogP contribution in [0.25, 0.3) is 0 Å². The van der Waals surface area contributed by atoms with Gasteiger partial charge in [-0.15, -0.1) is 0 Å². The molecule has 0 spiro atoms. The number of halogens is 3. The van der Waals surface area contributed by atoms with E-state index >= 15 is 0 Å². The van der Waals surface area contributed by atoms with Crippen LogP contribution in [0.1, 0.15) is 37.0 Å². The molecule has 0 aliphatic heterocycles. The van der Waals surface area contributed by atoms with Crippen molar-refractivity contribution in [2.24, 2.45) is 0 Å². The first-order valence-corrected chi connectivity index (χ1v) is 7.58. The van der Waals surface area contributed by atoms with Crippen molar-refractivity contribution in [3.05, 3.63) is 69.0 Å². The van der Waals surface area contributed by atoms with Crippen molar-refractivity contribution in [3.8, 4) is 0 Å². The average Bonchev–Trinajstić information content (AvgIpc) is 2.43. The Balaban J connectivity index is 2.51. The van der Waals surface area contributed by atoms with Crippen LogP contribution in [0, 0.1) is 5.82 Å². The average molecular weight is 327 g/mol. The van der Waals surface area contributed by atoms with Crippen molar-refractivity contribution in [1.82, 2.24) is 0 Å². The Labute approximate surface area is 134 Å². The van der Waals surface area contributed by atoms with E-state index in [1.54, 1.807) is 6.92 Å². The highest BCUT2D eigenvalue weighted by molar-refractivity contribution is 6.35. The van der Waals surface area contributed by atoms with Crippen LogP contribution in [0.5, 0.6) is 0 Å². The maximum atomic E-state index is 13.7. The van der Waals surface area contributed by atoms with Gasteiger partial charge in [-0.25, -0.2) is 4.39 Å². The van der Waals surface area contributed by atoms with Crippen molar-refractivity contribution in [2.45, 2.75) is 32.3 Å². The van der Waals surface area contributed by atoms with E-state index in [4.69, 9.17) is 23.2 Å². The van der Waals surface area contributed by atoms with E-state index in [2.05, 4.69) is 6.92 Å². The van der Waals surface area contributed by atoms with Crippen molar-refractivity contribution < 1.29 is 9.50 Å². The van der Waals surface area contributed by atoms with Crippen LogP contribution in [-0.4, -0.2) is 5.11 Å². The summed E-state index contributed by atoms with van der Waals surface area (Å²) in [6.07, 6.45) is 1.94. The number of hydrogen-bond acceptors (Lipinski definition) is 1. The first-order chi connectivity index (χ1) is 9.86.